The van der Waals surface area contributed by atoms with Crippen LogP contribution in [0.3, 0.4) is 0 Å². The molecule has 0 aliphatic carbocycles. The fraction of sp³-hybridized carbons (Fsp3) is 0. The molecule has 0 atom stereocenters. The van der Waals surface area contributed by atoms with Crippen LogP contribution >= 0.6 is 31.9 Å². The third-order valence-corrected chi connectivity index (χ3v) is 2.61. The lowest BCUT2D eigenvalue weighted by Crippen LogP contribution is -1.64. The Labute approximate surface area is 65.2 Å². The topological polar surface area (TPSA) is 0 Å². The maximum atomic E-state index is 3.32. The lowest BCUT2D eigenvalue weighted by molar-refractivity contribution is 1.58. The van der Waals surface area contributed by atoms with Crippen LogP contribution in [0.1, 0.15) is 0 Å². The first-order chi connectivity index (χ1) is 3.80. The summed E-state index contributed by atoms with van der Waals surface area (Å²) in [6.45, 7) is 0. The van der Waals surface area contributed by atoms with Gasteiger partial charge in [-0.3, -0.25) is 0 Å². The highest BCUT2D eigenvalue weighted by atomic mass is 79.9. The minimum Gasteiger partial charge on any atom is -0.0604 e. The molecule has 0 saturated carbocycles. The van der Waals surface area contributed by atoms with Gasteiger partial charge >= 0.3 is 0 Å². The average molecular weight is 235 g/mol. The summed E-state index contributed by atoms with van der Waals surface area (Å²) in [5.41, 5.74) is 0. The molecule has 0 spiro atoms. The van der Waals surface area contributed by atoms with Gasteiger partial charge in [-0.15, -0.1) is 0 Å². The van der Waals surface area contributed by atoms with Crippen molar-refractivity contribution in [2.24, 2.45) is 0 Å². The van der Waals surface area contributed by atoms with Gasteiger partial charge in [0.25, 0.3) is 0 Å². The van der Waals surface area contributed by atoms with E-state index in [9.17, 15) is 0 Å². The van der Waals surface area contributed by atoms with Crippen LogP contribution in [-0.4, -0.2) is 0 Å². The van der Waals surface area contributed by atoms with Crippen molar-refractivity contribution in [3.8, 4) is 0 Å². The summed E-state index contributed by atoms with van der Waals surface area (Å²) >= 11 is 6.61. The number of benzene rings is 1. The molecule has 1 aromatic rings. The molecule has 0 aliphatic rings. The summed E-state index contributed by atoms with van der Waals surface area (Å²) < 4.78 is 2.01. The third kappa shape index (κ3) is 1.33. The number of hydrogen-bond acceptors (Lipinski definition) is 0. The molecule has 1 rings (SSSR count). The van der Waals surface area contributed by atoms with Gasteiger partial charge in [0.15, 0.2) is 0 Å². The van der Waals surface area contributed by atoms with Crippen LogP contribution in [-0.2, 0) is 0 Å². The molecule has 0 saturated heterocycles. The molecule has 0 nitrogen and oxygen atoms in total. The van der Waals surface area contributed by atoms with Crippen molar-refractivity contribution in [2.45, 2.75) is 0 Å². The van der Waals surface area contributed by atoms with Crippen LogP contribution in [0.2, 0.25) is 0 Å². The predicted octanol–water partition coefficient (Wildman–Crippen LogP) is 3.01. The minimum absolute atomic E-state index is 0.972. The molecule has 0 N–H and O–H groups in total. The molecule has 2 heteroatoms. The molecular weight excluding hydrogens is 232 g/mol. The Balaban J connectivity index is 3.13. The van der Waals surface area contributed by atoms with Gasteiger partial charge in [-0.1, -0.05) is 12.1 Å². The second-order valence-electron chi connectivity index (χ2n) is 1.33. The zero-order chi connectivity index (χ0) is 5.98. The Morgan fingerprint density at radius 1 is 1.38 bits per heavy atom. The Morgan fingerprint density at radius 3 is 2.50 bits per heavy atom. The van der Waals surface area contributed by atoms with E-state index in [-0.39, 0.29) is 0 Å². The van der Waals surface area contributed by atoms with Crippen molar-refractivity contribution in [1.29, 1.82) is 0 Å². The van der Waals surface area contributed by atoms with Gasteiger partial charge in [-0.25, -0.2) is 0 Å². The Morgan fingerprint density at radius 2 is 2.12 bits per heavy atom. The fourth-order valence-electron chi connectivity index (χ4n) is 0.396. The molecule has 8 heavy (non-hydrogen) atoms. The zero-order valence-electron chi connectivity index (χ0n) is 3.99. The lowest BCUT2D eigenvalue weighted by atomic mass is 10.4. The van der Waals surface area contributed by atoms with Crippen molar-refractivity contribution < 1.29 is 0 Å². The van der Waals surface area contributed by atoms with Gasteiger partial charge in [-0.2, -0.15) is 0 Å². The molecule has 0 heterocycles. The van der Waals surface area contributed by atoms with E-state index in [2.05, 4.69) is 37.9 Å². The van der Waals surface area contributed by atoms with E-state index >= 15 is 0 Å². The van der Waals surface area contributed by atoms with E-state index in [0.717, 1.165) is 8.95 Å². The Bertz CT molecular complexity index is 163. The average Bonchev–Trinajstić information content (AvgIpc) is 1.77. The molecule has 0 aliphatic heterocycles. The van der Waals surface area contributed by atoms with Gasteiger partial charge in [0.2, 0.25) is 0 Å². The SMILES string of the molecule is Brc1[c]cccc1Br. The van der Waals surface area contributed by atoms with Crippen molar-refractivity contribution in [2.75, 3.05) is 0 Å². The summed E-state index contributed by atoms with van der Waals surface area (Å²) in [6, 6.07) is 8.71. The molecule has 0 amide bonds. The second kappa shape index (κ2) is 2.65. The molecule has 1 aromatic carbocycles. The first-order valence-electron chi connectivity index (χ1n) is 2.12. The van der Waals surface area contributed by atoms with Crippen LogP contribution < -0.4 is 0 Å². The molecule has 1 radical (unpaired) electrons. The second-order valence-corrected chi connectivity index (χ2v) is 2.98. The monoisotopic (exact) mass is 233 g/mol. The van der Waals surface area contributed by atoms with Gasteiger partial charge in [0, 0.05) is 8.95 Å². The van der Waals surface area contributed by atoms with E-state index in [0.29, 0.717) is 0 Å². The first kappa shape index (κ1) is 6.30. The highest BCUT2D eigenvalue weighted by Gasteiger charge is 1.88. The summed E-state index contributed by atoms with van der Waals surface area (Å²) in [7, 11) is 0. The van der Waals surface area contributed by atoms with E-state index in [1.54, 1.807) is 0 Å². The maximum Gasteiger partial charge on any atom is 0.0396 e. The smallest absolute Gasteiger partial charge is 0.0396 e. The van der Waals surface area contributed by atoms with E-state index in [1.807, 2.05) is 18.2 Å². The largest absolute Gasteiger partial charge is 0.0604 e. The number of hydrogen-bond donors (Lipinski definition) is 0. The summed E-state index contributed by atoms with van der Waals surface area (Å²) in [5.74, 6) is 0. The zero-order valence-corrected chi connectivity index (χ0v) is 7.16. The predicted molar refractivity (Wildman–Crippen MR) is 40.7 cm³/mol. The van der Waals surface area contributed by atoms with Crippen molar-refractivity contribution in [3.63, 3.8) is 0 Å². The van der Waals surface area contributed by atoms with E-state index in [1.165, 1.54) is 0 Å². The third-order valence-electron chi connectivity index (χ3n) is 0.759. The molecule has 0 aromatic heterocycles. The molecule has 0 bridgehead atoms. The molecule has 0 unspecified atom stereocenters. The minimum atomic E-state index is 0.972. The normalized spacial score (nSPS) is 9.25. The number of halogens is 2. The molecular formula is C6H3Br2. The lowest BCUT2D eigenvalue weighted by Gasteiger charge is -1.88. The Kier molecular flexibility index (Phi) is 2.08. The van der Waals surface area contributed by atoms with Crippen LogP contribution in [0.4, 0.5) is 0 Å². The molecule has 41 valence electrons. The van der Waals surface area contributed by atoms with Crippen LogP contribution in [0.15, 0.2) is 27.1 Å². The van der Waals surface area contributed by atoms with Gasteiger partial charge in [-0.05, 0) is 44.0 Å². The van der Waals surface area contributed by atoms with E-state index in [4.69, 9.17) is 0 Å². The van der Waals surface area contributed by atoms with Crippen molar-refractivity contribution in [3.05, 3.63) is 33.2 Å². The van der Waals surface area contributed by atoms with Crippen molar-refractivity contribution in [1.82, 2.24) is 0 Å². The van der Waals surface area contributed by atoms with Gasteiger partial charge < -0.3 is 0 Å². The standard InChI is InChI=1S/C6H3Br2/c7-5-3-1-2-4-6(5)8/h1-3H. The molecule has 0 fully saturated rings. The number of rotatable bonds is 0. The Hall–Kier alpha value is 0.180. The van der Waals surface area contributed by atoms with Crippen LogP contribution in [0.25, 0.3) is 0 Å². The summed E-state index contributed by atoms with van der Waals surface area (Å²) in [4.78, 5) is 0. The van der Waals surface area contributed by atoms with Gasteiger partial charge in [0.1, 0.15) is 0 Å². The summed E-state index contributed by atoms with van der Waals surface area (Å²) in [5, 5.41) is 0. The quantitative estimate of drug-likeness (QED) is 0.648. The van der Waals surface area contributed by atoms with Gasteiger partial charge in [0.05, 0.1) is 0 Å². The maximum absolute atomic E-state index is 3.32. The summed E-state index contributed by atoms with van der Waals surface area (Å²) in [6.07, 6.45) is 0. The highest BCUT2D eigenvalue weighted by Crippen LogP contribution is 2.20. The fourth-order valence-corrected chi connectivity index (χ4v) is 0.927. The first-order valence-corrected chi connectivity index (χ1v) is 3.71. The van der Waals surface area contributed by atoms with E-state index < -0.39 is 0 Å². The highest BCUT2D eigenvalue weighted by molar-refractivity contribution is 9.13. The van der Waals surface area contributed by atoms with Crippen molar-refractivity contribution >= 4 is 31.9 Å². The van der Waals surface area contributed by atoms with Crippen LogP contribution in [0.5, 0.6) is 0 Å². The van der Waals surface area contributed by atoms with Crippen LogP contribution in [0, 0.1) is 6.07 Å².